The Bertz CT molecular complexity index is 1600. The second-order valence-electron chi connectivity index (χ2n) is 8.76. The molecule has 0 aromatic heterocycles. The summed E-state index contributed by atoms with van der Waals surface area (Å²) in [5.74, 6) is -1.16. The molecule has 258 valence electrons. The van der Waals surface area contributed by atoms with Crippen LogP contribution in [-0.2, 0) is 83.8 Å². The minimum absolute atomic E-state index is 0.172. The van der Waals surface area contributed by atoms with Gasteiger partial charge in [-0.05, 0) is 12.0 Å². The molecule has 0 unspecified atom stereocenters. The third-order valence-electron chi connectivity index (χ3n) is 5.37. The predicted molar refractivity (Wildman–Crippen MR) is 142 cm³/mol. The molecule has 0 spiro atoms. The summed E-state index contributed by atoms with van der Waals surface area (Å²) in [6, 6.07) is 9.01. The van der Waals surface area contributed by atoms with Gasteiger partial charge >= 0.3 is 41.6 Å². The molecule has 45 heavy (non-hydrogen) atoms. The molecule has 1 aliphatic heterocycles. The van der Waals surface area contributed by atoms with Crippen LogP contribution in [0.3, 0.4) is 0 Å². The van der Waals surface area contributed by atoms with Crippen molar-refractivity contribution in [2.45, 2.75) is 44.2 Å². The second-order valence-corrected chi connectivity index (χ2v) is 13.0. The molecule has 26 heteroatoms. The van der Waals surface area contributed by atoms with E-state index in [0.29, 0.717) is 6.42 Å². The van der Waals surface area contributed by atoms with Crippen LogP contribution >= 0.6 is 0 Å². The Kier molecular flexibility index (Phi) is 13.7. The Balaban J connectivity index is 2.21. The van der Waals surface area contributed by atoms with Crippen molar-refractivity contribution in [1.82, 2.24) is 10.2 Å². The molecule has 2 rings (SSSR count). The van der Waals surface area contributed by atoms with Gasteiger partial charge in [-0.25, -0.2) is 16.7 Å². The molecule has 1 aliphatic rings. The summed E-state index contributed by atoms with van der Waals surface area (Å²) in [5, 5.41) is 2.31. The van der Waals surface area contributed by atoms with Crippen LogP contribution in [0.4, 0.5) is 0 Å². The minimum Gasteiger partial charge on any atom is -0.352 e. The molecule has 5 atom stereocenters. The summed E-state index contributed by atoms with van der Waals surface area (Å²) in [4.78, 5) is 25.6. The van der Waals surface area contributed by atoms with Gasteiger partial charge in [0.2, 0.25) is 18.1 Å². The first kappa shape index (κ1) is 38.7. The standard InChI is InChI=1S/C19H28N2O20S4/c1-12(22)21(9-7-13-5-3-2-4-6-13)11-14(23)20-8-10-36-18-16(39-43(27,28)29)15(38-42(24,25)26)17(40-44(30,31)32)19(37-18)41-45(33,34)35/h2-6,15-19H,7-11H2,1H3,(H,20,23)(H,24,25,26)(H,27,28,29)(H,30,31,32)(H,33,34,35)/t15-,16+,17+,18+,19-/m1/s1. The van der Waals surface area contributed by atoms with Crippen LogP contribution in [0, 0.1) is 0 Å². The molecule has 5 N–H and O–H groups in total. The maximum Gasteiger partial charge on any atom is 0.399 e. The van der Waals surface area contributed by atoms with E-state index in [-0.39, 0.29) is 6.54 Å². The summed E-state index contributed by atoms with van der Waals surface area (Å²) in [6.07, 6.45) is -13.4. The molecule has 2 amide bonds. The fourth-order valence-electron chi connectivity index (χ4n) is 3.70. The van der Waals surface area contributed by atoms with Gasteiger partial charge in [0.25, 0.3) is 0 Å². The zero-order chi connectivity index (χ0) is 34.2. The van der Waals surface area contributed by atoms with Crippen molar-refractivity contribution < 1.29 is 87.7 Å². The van der Waals surface area contributed by atoms with Gasteiger partial charge in [-0.1, -0.05) is 30.3 Å². The predicted octanol–water partition coefficient (Wildman–Crippen LogP) is -2.72. The number of ether oxygens (including phenoxy) is 2. The molecule has 1 saturated heterocycles. The van der Waals surface area contributed by atoms with Gasteiger partial charge in [-0.3, -0.25) is 27.8 Å². The molecule has 1 aromatic rings. The van der Waals surface area contributed by atoms with Crippen molar-refractivity contribution in [3.05, 3.63) is 35.9 Å². The van der Waals surface area contributed by atoms with Gasteiger partial charge in [0.15, 0.2) is 18.5 Å². The Morgan fingerprint density at radius 1 is 0.778 bits per heavy atom. The molecule has 0 bridgehead atoms. The lowest BCUT2D eigenvalue weighted by Gasteiger charge is -2.42. The van der Waals surface area contributed by atoms with E-state index < -0.39 is 104 Å². The van der Waals surface area contributed by atoms with Crippen LogP contribution in [0.1, 0.15) is 12.5 Å². The van der Waals surface area contributed by atoms with Crippen molar-refractivity contribution in [3.8, 4) is 0 Å². The molecular weight excluding hydrogens is 704 g/mol. The number of hydrogen-bond acceptors (Lipinski definition) is 16. The third kappa shape index (κ3) is 15.1. The monoisotopic (exact) mass is 732 g/mol. The van der Waals surface area contributed by atoms with Gasteiger partial charge in [0.1, 0.15) is 6.10 Å². The van der Waals surface area contributed by atoms with Gasteiger partial charge in [-0.15, -0.1) is 0 Å². The number of nitrogens with zero attached hydrogens (tertiary/aromatic N) is 1. The fourth-order valence-corrected chi connectivity index (χ4v) is 5.55. The topological polar surface area (TPSA) is 322 Å². The van der Waals surface area contributed by atoms with Crippen molar-refractivity contribution in [3.63, 3.8) is 0 Å². The lowest BCUT2D eigenvalue weighted by atomic mass is 10.0. The van der Waals surface area contributed by atoms with E-state index in [2.05, 4.69) is 22.0 Å². The van der Waals surface area contributed by atoms with Crippen LogP contribution in [0.25, 0.3) is 0 Å². The smallest absolute Gasteiger partial charge is 0.352 e. The van der Waals surface area contributed by atoms with Crippen LogP contribution in [0.5, 0.6) is 0 Å². The summed E-state index contributed by atoms with van der Waals surface area (Å²) in [5.41, 5.74) is 0.892. The SMILES string of the molecule is CC(=O)N(CCc1ccccc1)CC(=O)NCCO[C@H]1O[C@H](OS(=O)(=O)O)[C@@H](OS(=O)(=O)O)[C@H](OS(=O)(=O)O)[C@@H]1OS(=O)(=O)O. The van der Waals surface area contributed by atoms with E-state index in [4.69, 9.17) is 23.1 Å². The number of hydrogen-bond donors (Lipinski definition) is 5. The largest absolute Gasteiger partial charge is 0.399 e. The van der Waals surface area contributed by atoms with Crippen molar-refractivity contribution >= 4 is 53.4 Å². The molecule has 1 heterocycles. The van der Waals surface area contributed by atoms with Gasteiger partial charge in [-0.2, -0.15) is 33.7 Å². The highest BCUT2D eigenvalue weighted by Crippen LogP contribution is 2.32. The highest BCUT2D eigenvalue weighted by Gasteiger charge is 2.55. The van der Waals surface area contributed by atoms with Crippen LogP contribution < -0.4 is 5.32 Å². The minimum atomic E-state index is -5.75. The highest BCUT2D eigenvalue weighted by molar-refractivity contribution is 7.81. The number of benzene rings is 1. The van der Waals surface area contributed by atoms with E-state index in [1.54, 1.807) is 18.2 Å². The Morgan fingerprint density at radius 3 is 1.76 bits per heavy atom. The molecule has 1 fully saturated rings. The second kappa shape index (κ2) is 15.9. The van der Waals surface area contributed by atoms with Crippen LogP contribution in [-0.4, -0.2) is 126 Å². The molecule has 1 aromatic carbocycles. The number of nitrogens with one attached hydrogen (secondary N) is 1. The number of carbonyl (C=O) groups is 2. The van der Waals surface area contributed by atoms with E-state index in [1.165, 1.54) is 11.8 Å². The summed E-state index contributed by atoms with van der Waals surface area (Å²) in [7, 11) is -22.8. The maximum atomic E-state index is 12.4. The van der Waals surface area contributed by atoms with Crippen LogP contribution in [0.2, 0.25) is 0 Å². The normalized spacial score (nSPS) is 22.9. The van der Waals surface area contributed by atoms with E-state index in [9.17, 15) is 47.8 Å². The first-order valence-corrected chi connectivity index (χ1v) is 17.4. The number of carbonyl (C=O) groups excluding carboxylic acids is 2. The van der Waals surface area contributed by atoms with Crippen molar-refractivity contribution in [2.24, 2.45) is 0 Å². The zero-order valence-corrected chi connectivity index (χ0v) is 26.0. The third-order valence-corrected chi connectivity index (χ3v) is 7.20. The summed E-state index contributed by atoms with van der Waals surface area (Å²) >= 11 is 0. The lowest BCUT2D eigenvalue weighted by Crippen LogP contribution is -2.63. The molecular formula is C19H28N2O20S4. The summed E-state index contributed by atoms with van der Waals surface area (Å²) < 4.78 is 154. The van der Waals surface area contributed by atoms with Crippen molar-refractivity contribution in [1.29, 1.82) is 0 Å². The maximum absolute atomic E-state index is 12.4. The average molecular weight is 733 g/mol. The highest BCUT2D eigenvalue weighted by atomic mass is 32.3. The van der Waals surface area contributed by atoms with E-state index in [1.807, 2.05) is 12.1 Å². The van der Waals surface area contributed by atoms with Crippen molar-refractivity contribution in [2.75, 3.05) is 26.2 Å². The number of amides is 2. The molecule has 0 radical (unpaired) electrons. The first-order chi connectivity index (χ1) is 20.5. The molecule has 22 nitrogen and oxygen atoms in total. The number of rotatable bonds is 17. The van der Waals surface area contributed by atoms with Crippen LogP contribution in [0.15, 0.2) is 30.3 Å². The molecule has 0 aliphatic carbocycles. The van der Waals surface area contributed by atoms with Gasteiger partial charge in [0, 0.05) is 20.0 Å². The van der Waals surface area contributed by atoms with E-state index in [0.717, 1.165) is 5.56 Å². The first-order valence-electron chi connectivity index (χ1n) is 12.0. The van der Waals surface area contributed by atoms with Gasteiger partial charge in [0.05, 0.1) is 13.2 Å². The fraction of sp³-hybridized carbons (Fsp3) is 0.579. The Morgan fingerprint density at radius 2 is 1.27 bits per heavy atom. The summed E-state index contributed by atoms with van der Waals surface area (Å²) in [6.45, 7) is -0.218. The quantitative estimate of drug-likeness (QED) is 0.0802. The molecule has 0 saturated carbocycles. The Hall–Kier alpha value is -2.44. The van der Waals surface area contributed by atoms with E-state index >= 15 is 0 Å². The zero-order valence-electron chi connectivity index (χ0n) is 22.7. The lowest BCUT2D eigenvalue weighted by molar-refractivity contribution is -0.320. The van der Waals surface area contributed by atoms with Gasteiger partial charge < -0.3 is 19.7 Å². The Labute approximate surface area is 257 Å². The average Bonchev–Trinajstić information content (AvgIpc) is 2.85.